The number of aromatic nitrogens is 4. The highest BCUT2D eigenvalue weighted by atomic mass is 16.4. The predicted octanol–water partition coefficient (Wildman–Crippen LogP) is 0.600. The summed E-state index contributed by atoms with van der Waals surface area (Å²) in [6, 6.07) is 3.55. The van der Waals surface area contributed by atoms with Gasteiger partial charge >= 0.3 is 5.97 Å². The Hall–Kier alpha value is -2.28. The average molecular weight is 261 g/mol. The normalized spacial score (nSPS) is 10.9. The molecule has 2 aromatic heterocycles. The number of carboxylic acids is 1. The van der Waals surface area contributed by atoms with Crippen LogP contribution in [0.25, 0.3) is 11.3 Å². The molecule has 0 atom stereocenters. The average Bonchev–Trinajstić information content (AvgIpc) is 2.81. The first-order chi connectivity index (χ1) is 9.09. The molecule has 2 heterocycles. The summed E-state index contributed by atoms with van der Waals surface area (Å²) in [4.78, 5) is 17.2. The number of hydrogen-bond donors (Lipinski definition) is 1. The van der Waals surface area contributed by atoms with Crippen LogP contribution in [0.4, 0.5) is 0 Å². The Bertz CT molecular complexity index is 565. The highest BCUT2D eigenvalue weighted by Gasteiger charge is 2.20. The quantitative estimate of drug-likeness (QED) is 0.848. The Labute approximate surface area is 110 Å². The van der Waals surface area contributed by atoms with E-state index in [1.165, 1.54) is 0 Å². The molecule has 0 fully saturated rings. The summed E-state index contributed by atoms with van der Waals surface area (Å²) in [7, 11) is 3.89. The molecule has 7 heteroatoms. The van der Waals surface area contributed by atoms with Gasteiger partial charge in [-0.1, -0.05) is 5.21 Å². The lowest BCUT2D eigenvalue weighted by atomic mass is 10.1. The first kappa shape index (κ1) is 13.2. The number of likely N-dealkylation sites (N-methyl/N-ethyl adjacent to an activating group) is 1. The number of rotatable bonds is 5. The minimum atomic E-state index is -1.09. The summed E-state index contributed by atoms with van der Waals surface area (Å²) in [5.74, 6) is -1.09. The van der Waals surface area contributed by atoms with Crippen LogP contribution in [0.2, 0.25) is 0 Å². The summed E-state index contributed by atoms with van der Waals surface area (Å²) in [5, 5.41) is 16.8. The number of pyridine rings is 1. The summed E-state index contributed by atoms with van der Waals surface area (Å²) >= 11 is 0. The van der Waals surface area contributed by atoms with Gasteiger partial charge in [-0.05, 0) is 26.2 Å². The van der Waals surface area contributed by atoms with Gasteiger partial charge in [-0.15, -0.1) is 5.10 Å². The maximum atomic E-state index is 11.2. The topological polar surface area (TPSA) is 84.1 Å². The second-order valence-electron chi connectivity index (χ2n) is 4.36. The lowest BCUT2D eigenvalue weighted by Gasteiger charge is -2.11. The van der Waals surface area contributed by atoms with Crippen molar-refractivity contribution in [2.24, 2.45) is 0 Å². The number of carbonyl (C=O) groups is 1. The van der Waals surface area contributed by atoms with Crippen molar-refractivity contribution in [1.29, 1.82) is 0 Å². The molecule has 0 saturated carbocycles. The number of nitrogens with zero attached hydrogens (tertiary/aromatic N) is 5. The lowest BCUT2D eigenvalue weighted by molar-refractivity contribution is 0.0691. The van der Waals surface area contributed by atoms with Crippen molar-refractivity contribution < 1.29 is 9.90 Å². The van der Waals surface area contributed by atoms with Gasteiger partial charge in [0.15, 0.2) is 5.69 Å². The summed E-state index contributed by atoms with van der Waals surface area (Å²) in [6.45, 7) is 1.31. The van der Waals surface area contributed by atoms with Gasteiger partial charge in [-0.25, -0.2) is 9.48 Å². The van der Waals surface area contributed by atoms with Crippen molar-refractivity contribution in [2.75, 3.05) is 20.6 Å². The molecule has 0 unspecified atom stereocenters. The molecule has 7 nitrogen and oxygen atoms in total. The largest absolute Gasteiger partial charge is 0.476 e. The second-order valence-corrected chi connectivity index (χ2v) is 4.36. The zero-order valence-corrected chi connectivity index (χ0v) is 10.8. The monoisotopic (exact) mass is 261 g/mol. The second kappa shape index (κ2) is 5.57. The van der Waals surface area contributed by atoms with Gasteiger partial charge in [0.05, 0.1) is 6.54 Å². The fourth-order valence-electron chi connectivity index (χ4n) is 1.70. The zero-order valence-electron chi connectivity index (χ0n) is 10.8. The number of aromatic carboxylic acids is 1. The molecule has 0 aliphatic heterocycles. The van der Waals surface area contributed by atoms with Gasteiger partial charge in [0.2, 0.25) is 0 Å². The van der Waals surface area contributed by atoms with E-state index in [-0.39, 0.29) is 5.69 Å². The SMILES string of the molecule is CN(C)CCn1nnc(C(=O)O)c1-c1cccnc1. The van der Waals surface area contributed by atoms with E-state index >= 15 is 0 Å². The Balaban J connectivity index is 2.42. The van der Waals surface area contributed by atoms with Gasteiger partial charge in [-0.2, -0.15) is 0 Å². The van der Waals surface area contributed by atoms with Crippen LogP contribution >= 0.6 is 0 Å². The molecule has 0 saturated heterocycles. The van der Waals surface area contributed by atoms with Gasteiger partial charge < -0.3 is 10.0 Å². The van der Waals surface area contributed by atoms with Gasteiger partial charge in [0.25, 0.3) is 0 Å². The van der Waals surface area contributed by atoms with Crippen molar-refractivity contribution >= 4 is 5.97 Å². The van der Waals surface area contributed by atoms with Crippen LogP contribution in [-0.4, -0.2) is 56.6 Å². The molecule has 19 heavy (non-hydrogen) atoms. The smallest absolute Gasteiger partial charge is 0.358 e. The molecule has 100 valence electrons. The van der Waals surface area contributed by atoms with Crippen molar-refractivity contribution in [3.8, 4) is 11.3 Å². The molecule has 2 aromatic rings. The van der Waals surface area contributed by atoms with Crippen molar-refractivity contribution in [3.05, 3.63) is 30.2 Å². The Morgan fingerprint density at radius 2 is 2.26 bits per heavy atom. The van der Waals surface area contributed by atoms with Crippen molar-refractivity contribution in [1.82, 2.24) is 24.9 Å². The molecular formula is C12H15N5O2. The fraction of sp³-hybridized carbons (Fsp3) is 0.333. The van der Waals surface area contributed by atoms with Crippen LogP contribution in [0.15, 0.2) is 24.5 Å². The van der Waals surface area contributed by atoms with Gasteiger partial charge in [0, 0.05) is 24.5 Å². The highest BCUT2D eigenvalue weighted by Crippen LogP contribution is 2.21. The van der Waals surface area contributed by atoms with Crippen LogP contribution in [0.3, 0.4) is 0 Å². The van der Waals surface area contributed by atoms with E-state index in [1.807, 2.05) is 19.0 Å². The van der Waals surface area contributed by atoms with E-state index in [0.29, 0.717) is 17.8 Å². The number of hydrogen-bond acceptors (Lipinski definition) is 5. The van der Waals surface area contributed by atoms with Crippen LogP contribution in [0.5, 0.6) is 0 Å². The minimum absolute atomic E-state index is 0.0493. The van der Waals surface area contributed by atoms with Gasteiger partial charge in [0.1, 0.15) is 5.69 Å². The molecule has 0 bridgehead atoms. The molecule has 0 amide bonds. The Morgan fingerprint density at radius 1 is 1.47 bits per heavy atom. The molecular weight excluding hydrogens is 246 g/mol. The van der Waals surface area contributed by atoms with E-state index < -0.39 is 5.97 Å². The van der Waals surface area contributed by atoms with Gasteiger partial charge in [-0.3, -0.25) is 4.98 Å². The van der Waals surface area contributed by atoms with E-state index in [0.717, 1.165) is 6.54 Å². The maximum absolute atomic E-state index is 11.2. The van der Waals surface area contributed by atoms with Crippen LogP contribution in [-0.2, 0) is 6.54 Å². The molecule has 2 rings (SSSR count). The van der Waals surface area contributed by atoms with E-state index in [2.05, 4.69) is 15.3 Å². The highest BCUT2D eigenvalue weighted by molar-refractivity contribution is 5.92. The van der Waals surface area contributed by atoms with E-state index in [1.54, 1.807) is 29.2 Å². The molecule has 0 spiro atoms. The van der Waals surface area contributed by atoms with Crippen LogP contribution in [0.1, 0.15) is 10.5 Å². The third-order valence-corrected chi connectivity index (χ3v) is 2.63. The molecule has 1 N–H and O–H groups in total. The third-order valence-electron chi connectivity index (χ3n) is 2.63. The summed E-state index contributed by atoms with van der Waals surface area (Å²) < 4.78 is 1.60. The maximum Gasteiger partial charge on any atom is 0.358 e. The van der Waals surface area contributed by atoms with E-state index in [4.69, 9.17) is 0 Å². The molecule has 0 radical (unpaired) electrons. The van der Waals surface area contributed by atoms with Crippen LogP contribution in [0, 0.1) is 0 Å². The van der Waals surface area contributed by atoms with E-state index in [9.17, 15) is 9.90 Å². The molecule has 0 aromatic carbocycles. The van der Waals surface area contributed by atoms with Crippen molar-refractivity contribution in [3.63, 3.8) is 0 Å². The van der Waals surface area contributed by atoms with Crippen LogP contribution < -0.4 is 0 Å². The summed E-state index contributed by atoms with van der Waals surface area (Å²) in [5.41, 5.74) is 1.14. The predicted molar refractivity (Wildman–Crippen MR) is 68.8 cm³/mol. The summed E-state index contributed by atoms with van der Waals surface area (Å²) in [6.07, 6.45) is 3.25. The Kier molecular flexibility index (Phi) is 3.86. The molecule has 0 aliphatic carbocycles. The lowest BCUT2D eigenvalue weighted by Crippen LogP contribution is -2.19. The fourth-order valence-corrected chi connectivity index (χ4v) is 1.70. The first-order valence-corrected chi connectivity index (χ1v) is 5.81. The first-order valence-electron chi connectivity index (χ1n) is 5.81. The third kappa shape index (κ3) is 2.94. The van der Waals surface area contributed by atoms with Crippen molar-refractivity contribution in [2.45, 2.75) is 6.54 Å². The minimum Gasteiger partial charge on any atom is -0.476 e. The standard InChI is InChI=1S/C12H15N5O2/c1-16(2)6-7-17-11(9-4-3-5-13-8-9)10(12(18)19)14-15-17/h3-5,8H,6-7H2,1-2H3,(H,18,19). The zero-order chi connectivity index (χ0) is 13.8. The molecule has 0 aliphatic rings. The Morgan fingerprint density at radius 3 is 2.84 bits per heavy atom. The number of carboxylic acid groups (broad SMARTS) is 1.